The van der Waals surface area contributed by atoms with Gasteiger partial charge in [0.05, 0.1) is 11.0 Å². The van der Waals surface area contributed by atoms with E-state index in [9.17, 15) is 0 Å². The highest BCUT2D eigenvalue weighted by atomic mass is 16.3. The van der Waals surface area contributed by atoms with Crippen LogP contribution in [0.15, 0.2) is 168 Å². The molecule has 0 atom stereocenters. The lowest BCUT2D eigenvalue weighted by Crippen LogP contribution is -2.55. The molecule has 0 saturated carbocycles. The highest BCUT2D eigenvalue weighted by molar-refractivity contribution is 6.68. The zero-order valence-electron chi connectivity index (χ0n) is 34.8. The number of rotatable bonds is 6. The summed E-state index contributed by atoms with van der Waals surface area (Å²) < 4.78 is 9.19. The minimum absolute atomic E-state index is 0.595. The fourth-order valence-corrected chi connectivity index (χ4v) is 9.35. The molecule has 5 nitrogen and oxygen atoms in total. The average Bonchev–Trinajstić information content (AvgIpc) is 3.87. The first-order valence-corrected chi connectivity index (χ1v) is 20.9. The second-order valence-corrected chi connectivity index (χ2v) is 16.1. The van der Waals surface area contributed by atoms with Gasteiger partial charge in [-0.1, -0.05) is 132 Å². The first-order chi connectivity index (χ1) is 29.8. The van der Waals surface area contributed by atoms with Crippen LogP contribution in [0.1, 0.15) is 0 Å². The molecule has 3 heterocycles. The molecule has 0 saturated heterocycles. The summed E-state index contributed by atoms with van der Waals surface area (Å²) in [5, 5.41) is 4.39. The van der Waals surface area contributed by atoms with Gasteiger partial charge in [-0.25, -0.2) is 15.0 Å². The molecule has 0 aliphatic carbocycles. The summed E-state index contributed by atoms with van der Waals surface area (Å²) in [6.07, 6.45) is 0. The number of furan rings is 1. The third-order valence-corrected chi connectivity index (χ3v) is 12.8. The van der Waals surface area contributed by atoms with Gasteiger partial charge in [-0.05, 0) is 59.2 Å². The molecule has 0 aliphatic heterocycles. The second kappa shape index (κ2) is 14.5. The van der Waals surface area contributed by atoms with Crippen LogP contribution >= 0.6 is 0 Å². The molecule has 0 radical (unpaired) electrons. The van der Waals surface area contributed by atoms with E-state index in [0.29, 0.717) is 17.5 Å². The molecule has 0 fully saturated rings. The molecule has 0 N–H and O–H groups in total. The summed E-state index contributed by atoms with van der Waals surface area (Å²) in [6, 6.07) is 57.4. The molecular formula is C51H37B5N4O. The molecular weight excluding hydrogens is 739 g/mol. The number of para-hydroxylation sites is 3. The minimum atomic E-state index is 0.595. The Morgan fingerprint density at radius 1 is 0.393 bits per heavy atom. The SMILES string of the molecule is Bc1c(B)c(B)c(-c2cccc(-c3nc(-c4ccccc4)nc(-c4cccc5oc6c(-c7ccc8c(c7)c7ccccc7n8-c7ccccc7)cccc6c45)n3)c2)c(B)c1B. The maximum absolute atomic E-state index is 6.84. The quantitative estimate of drug-likeness (QED) is 0.234. The van der Waals surface area contributed by atoms with Gasteiger partial charge in [-0.2, -0.15) is 0 Å². The van der Waals surface area contributed by atoms with E-state index in [1.54, 1.807) is 0 Å². The second-order valence-electron chi connectivity index (χ2n) is 16.1. The van der Waals surface area contributed by atoms with Gasteiger partial charge >= 0.3 is 0 Å². The van der Waals surface area contributed by atoms with E-state index in [1.807, 2.05) is 30.3 Å². The van der Waals surface area contributed by atoms with Crippen molar-refractivity contribution in [3.8, 4) is 62.1 Å². The first-order valence-electron chi connectivity index (χ1n) is 20.9. The maximum Gasteiger partial charge on any atom is 0.164 e. The summed E-state index contributed by atoms with van der Waals surface area (Å²) >= 11 is 0. The smallest absolute Gasteiger partial charge is 0.164 e. The van der Waals surface area contributed by atoms with E-state index in [4.69, 9.17) is 19.4 Å². The van der Waals surface area contributed by atoms with Crippen LogP contribution in [0.4, 0.5) is 0 Å². The fourth-order valence-electron chi connectivity index (χ4n) is 9.35. The largest absolute Gasteiger partial charge is 0.455 e. The van der Waals surface area contributed by atoms with Crippen LogP contribution in [-0.4, -0.2) is 58.8 Å². The van der Waals surface area contributed by atoms with Gasteiger partial charge in [0.2, 0.25) is 0 Å². The fraction of sp³-hybridized carbons (Fsp3) is 0. The standard InChI is InChI=1S/C51H37B5N4O/c52-43-41(44(53)46(55)47(56)45(43)54)30-14-9-15-31(26-30)50-57-49(28-12-3-1-4-13-28)58-51(59-50)36-21-11-23-40-42(36)35-20-10-19-33(48(35)61-40)29-24-25-39-37(27-29)34-18-7-8-22-38(34)60(39)32-16-5-2-6-17-32/h1-27H,52-56H2. The minimum Gasteiger partial charge on any atom is -0.455 e. The zero-order chi connectivity index (χ0) is 41.4. The Morgan fingerprint density at radius 3 is 1.75 bits per heavy atom. The Hall–Kier alpha value is -7.31. The Morgan fingerprint density at radius 2 is 0.967 bits per heavy atom. The van der Waals surface area contributed by atoms with Gasteiger partial charge in [0.1, 0.15) is 50.4 Å². The molecule has 0 amide bonds. The third-order valence-electron chi connectivity index (χ3n) is 12.8. The van der Waals surface area contributed by atoms with Gasteiger partial charge in [0, 0.05) is 49.5 Å². The van der Waals surface area contributed by atoms with Crippen molar-refractivity contribution in [1.82, 2.24) is 19.5 Å². The number of hydrogen-bond acceptors (Lipinski definition) is 4. The van der Waals surface area contributed by atoms with Crippen molar-refractivity contribution in [2.75, 3.05) is 0 Å². The maximum atomic E-state index is 6.84. The van der Waals surface area contributed by atoms with E-state index in [0.717, 1.165) is 66.5 Å². The Kier molecular flexibility index (Phi) is 8.71. The number of fused-ring (bicyclic) bond motifs is 6. The molecule has 0 aliphatic rings. The van der Waals surface area contributed by atoms with Crippen LogP contribution in [0.25, 0.3) is 106 Å². The molecule has 10 heteroatoms. The predicted octanol–water partition coefficient (Wildman–Crippen LogP) is 4.50. The monoisotopic (exact) mass is 776 g/mol. The summed E-state index contributed by atoms with van der Waals surface area (Å²) in [5.41, 5.74) is 19.0. The molecule has 11 aromatic rings. The van der Waals surface area contributed by atoms with E-state index < -0.39 is 0 Å². The topological polar surface area (TPSA) is 56.7 Å². The molecule has 11 rings (SSSR count). The molecule has 61 heavy (non-hydrogen) atoms. The Balaban J connectivity index is 1.09. The van der Waals surface area contributed by atoms with Gasteiger partial charge in [-0.3, -0.25) is 0 Å². The van der Waals surface area contributed by atoms with E-state index in [2.05, 4.69) is 177 Å². The number of benzene rings is 8. The van der Waals surface area contributed by atoms with Crippen LogP contribution in [0, 0.1) is 0 Å². The lowest BCUT2D eigenvalue weighted by atomic mass is 9.59. The van der Waals surface area contributed by atoms with Gasteiger partial charge in [-0.15, -0.1) is 16.4 Å². The molecule has 0 bridgehead atoms. The lowest BCUT2D eigenvalue weighted by Gasteiger charge is -2.20. The van der Waals surface area contributed by atoms with Crippen LogP contribution in [0.3, 0.4) is 0 Å². The number of nitrogens with zero attached hydrogens (tertiary/aromatic N) is 4. The van der Waals surface area contributed by atoms with E-state index in [1.165, 1.54) is 49.2 Å². The predicted molar refractivity (Wildman–Crippen MR) is 270 cm³/mol. The highest BCUT2D eigenvalue weighted by Gasteiger charge is 2.21. The summed E-state index contributed by atoms with van der Waals surface area (Å²) in [4.78, 5) is 15.6. The molecule has 0 unspecified atom stereocenters. The highest BCUT2D eigenvalue weighted by Crippen LogP contribution is 2.42. The first kappa shape index (κ1) is 36.8. The van der Waals surface area contributed by atoms with E-state index in [-0.39, 0.29) is 0 Å². The van der Waals surface area contributed by atoms with Crippen molar-refractivity contribution in [3.63, 3.8) is 0 Å². The summed E-state index contributed by atoms with van der Waals surface area (Å²) in [5.74, 6) is 1.83. The lowest BCUT2D eigenvalue weighted by molar-refractivity contribution is 0.670. The normalized spacial score (nSPS) is 11.6. The van der Waals surface area contributed by atoms with Gasteiger partial charge in [0.25, 0.3) is 0 Å². The molecule has 8 aromatic carbocycles. The van der Waals surface area contributed by atoms with Crippen molar-refractivity contribution in [2.45, 2.75) is 0 Å². The molecule has 3 aromatic heterocycles. The van der Waals surface area contributed by atoms with Crippen molar-refractivity contribution < 1.29 is 4.42 Å². The Labute approximate surface area is 358 Å². The molecule has 282 valence electrons. The van der Waals surface area contributed by atoms with Crippen LogP contribution in [-0.2, 0) is 0 Å². The Bertz CT molecular complexity index is 3520. The summed E-state index contributed by atoms with van der Waals surface area (Å²) in [7, 11) is 11.1. The van der Waals surface area contributed by atoms with Crippen LogP contribution < -0.4 is 27.3 Å². The average molecular weight is 776 g/mol. The van der Waals surface area contributed by atoms with Crippen molar-refractivity contribution in [3.05, 3.63) is 164 Å². The summed E-state index contributed by atoms with van der Waals surface area (Å²) in [6.45, 7) is 0. The zero-order valence-corrected chi connectivity index (χ0v) is 34.8. The molecule has 0 spiro atoms. The van der Waals surface area contributed by atoms with Crippen molar-refractivity contribution >= 4 is 110 Å². The van der Waals surface area contributed by atoms with Crippen molar-refractivity contribution in [1.29, 1.82) is 0 Å². The van der Waals surface area contributed by atoms with Gasteiger partial charge in [0.15, 0.2) is 17.5 Å². The van der Waals surface area contributed by atoms with Crippen molar-refractivity contribution in [2.24, 2.45) is 0 Å². The van der Waals surface area contributed by atoms with Crippen LogP contribution in [0.5, 0.6) is 0 Å². The van der Waals surface area contributed by atoms with Crippen LogP contribution in [0.2, 0.25) is 0 Å². The number of hydrogen-bond donors (Lipinski definition) is 0. The third kappa shape index (κ3) is 5.96. The van der Waals surface area contributed by atoms with E-state index >= 15 is 0 Å². The van der Waals surface area contributed by atoms with Gasteiger partial charge < -0.3 is 8.98 Å². The number of aromatic nitrogens is 4.